The average Bonchev–Trinajstić information content (AvgIpc) is 2.60. The van der Waals surface area contributed by atoms with Gasteiger partial charge in [0.1, 0.15) is 17.2 Å². The highest BCUT2D eigenvalue weighted by Gasteiger charge is 2.19. The van der Waals surface area contributed by atoms with Gasteiger partial charge in [-0.1, -0.05) is 0 Å². The Morgan fingerprint density at radius 3 is 1.39 bits per heavy atom. The highest BCUT2D eigenvalue weighted by Crippen LogP contribution is 2.47. The Morgan fingerprint density at radius 1 is 0.609 bits per heavy atom. The maximum Gasteiger partial charge on any atom is 0.200 e. The summed E-state index contributed by atoms with van der Waals surface area (Å²) in [6, 6.07) is 6.88. The minimum atomic E-state index is -0.0646. The summed E-state index contributed by atoms with van der Waals surface area (Å²) >= 11 is 0. The van der Waals surface area contributed by atoms with Gasteiger partial charge in [-0.2, -0.15) is 0 Å². The summed E-state index contributed by atoms with van der Waals surface area (Å²) in [6.45, 7) is 0. The monoisotopic (exact) mass is 320 g/mol. The van der Waals surface area contributed by atoms with E-state index >= 15 is 0 Å². The molecule has 0 aliphatic heterocycles. The third-order valence-electron chi connectivity index (χ3n) is 3.48. The molecule has 0 saturated heterocycles. The highest BCUT2D eigenvalue weighted by atomic mass is 16.5. The van der Waals surface area contributed by atoms with Crippen LogP contribution in [0.15, 0.2) is 24.3 Å². The molecule has 124 valence electrons. The van der Waals surface area contributed by atoms with Gasteiger partial charge in [0.05, 0.1) is 41.1 Å². The van der Waals surface area contributed by atoms with E-state index in [9.17, 15) is 5.11 Å². The van der Waals surface area contributed by atoms with Crippen LogP contribution >= 0.6 is 0 Å². The molecule has 0 fully saturated rings. The topological polar surface area (TPSA) is 66.4 Å². The van der Waals surface area contributed by atoms with Gasteiger partial charge >= 0.3 is 0 Å². The molecule has 0 spiro atoms. The van der Waals surface area contributed by atoms with E-state index in [0.29, 0.717) is 39.9 Å². The van der Waals surface area contributed by atoms with Gasteiger partial charge < -0.3 is 28.8 Å². The lowest BCUT2D eigenvalue weighted by Gasteiger charge is -2.17. The SMILES string of the molecule is COc1cc(OC)c(-c2cc(OC)c(O)c(OC)c2)c(OC)c1. The molecule has 2 rings (SSSR count). The third-order valence-corrected chi connectivity index (χ3v) is 3.48. The van der Waals surface area contributed by atoms with Crippen LogP contribution in [0.25, 0.3) is 11.1 Å². The highest BCUT2D eigenvalue weighted by molar-refractivity contribution is 5.81. The molecule has 0 aromatic heterocycles. The zero-order chi connectivity index (χ0) is 17.0. The number of hydrogen-bond donors (Lipinski definition) is 1. The fourth-order valence-corrected chi connectivity index (χ4v) is 2.33. The summed E-state index contributed by atoms with van der Waals surface area (Å²) < 4.78 is 26.6. The molecule has 0 heterocycles. The molecule has 0 aliphatic carbocycles. The molecule has 0 unspecified atom stereocenters. The molecule has 6 heteroatoms. The molecule has 0 bridgehead atoms. The van der Waals surface area contributed by atoms with Crippen LogP contribution in [0.3, 0.4) is 0 Å². The molecule has 2 aromatic carbocycles. The van der Waals surface area contributed by atoms with E-state index in [4.69, 9.17) is 23.7 Å². The molecular weight excluding hydrogens is 300 g/mol. The molecule has 0 atom stereocenters. The molecule has 0 aliphatic rings. The minimum Gasteiger partial charge on any atom is -0.502 e. The normalized spacial score (nSPS) is 10.1. The van der Waals surface area contributed by atoms with Crippen LogP contribution in [0, 0.1) is 0 Å². The number of phenolic OH excluding ortho intramolecular Hbond substituents is 1. The van der Waals surface area contributed by atoms with Gasteiger partial charge in [-0.25, -0.2) is 0 Å². The summed E-state index contributed by atoms with van der Waals surface area (Å²) in [5, 5.41) is 10.1. The van der Waals surface area contributed by atoms with Crippen molar-refractivity contribution >= 4 is 0 Å². The van der Waals surface area contributed by atoms with Crippen molar-refractivity contribution in [1.29, 1.82) is 0 Å². The molecule has 0 saturated carbocycles. The van der Waals surface area contributed by atoms with Crippen LogP contribution < -0.4 is 23.7 Å². The van der Waals surface area contributed by atoms with Gasteiger partial charge in [-0.15, -0.1) is 0 Å². The van der Waals surface area contributed by atoms with Crippen molar-refractivity contribution < 1.29 is 28.8 Å². The predicted molar refractivity (Wildman–Crippen MR) is 86.3 cm³/mol. The predicted octanol–water partition coefficient (Wildman–Crippen LogP) is 3.10. The zero-order valence-electron chi connectivity index (χ0n) is 13.8. The second-order valence-corrected chi connectivity index (χ2v) is 4.64. The van der Waals surface area contributed by atoms with Crippen molar-refractivity contribution in [3.63, 3.8) is 0 Å². The van der Waals surface area contributed by atoms with E-state index in [1.807, 2.05) is 0 Å². The molecule has 2 aromatic rings. The van der Waals surface area contributed by atoms with Crippen molar-refractivity contribution in [2.75, 3.05) is 35.5 Å². The summed E-state index contributed by atoms with van der Waals surface area (Å²) in [5.74, 6) is 2.26. The second-order valence-electron chi connectivity index (χ2n) is 4.64. The van der Waals surface area contributed by atoms with Crippen LogP contribution in [-0.2, 0) is 0 Å². The number of hydrogen-bond acceptors (Lipinski definition) is 6. The average molecular weight is 320 g/mol. The molecular formula is C17H20O6. The summed E-state index contributed by atoms with van der Waals surface area (Å²) in [5.41, 5.74) is 1.42. The zero-order valence-corrected chi connectivity index (χ0v) is 13.8. The molecule has 0 amide bonds. The molecule has 6 nitrogen and oxygen atoms in total. The third kappa shape index (κ3) is 3.06. The Bertz CT molecular complexity index is 645. The maximum absolute atomic E-state index is 10.1. The van der Waals surface area contributed by atoms with E-state index in [1.165, 1.54) is 14.2 Å². The fraction of sp³-hybridized carbons (Fsp3) is 0.294. The summed E-state index contributed by atoms with van der Waals surface area (Å²) in [7, 11) is 7.64. The van der Waals surface area contributed by atoms with Crippen LogP contribution in [0.4, 0.5) is 0 Å². The number of rotatable bonds is 6. The largest absolute Gasteiger partial charge is 0.502 e. The van der Waals surface area contributed by atoms with Crippen molar-refractivity contribution in [2.45, 2.75) is 0 Å². The molecule has 23 heavy (non-hydrogen) atoms. The van der Waals surface area contributed by atoms with Crippen LogP contribution in [-0.4, -0.2) is 40.7 Å². The number of benzene rings is 2. The van der Waals surface area contributed by atoms with Gasteiger partial charge in [-0.3, -0.25) is 0 Å². The number of phenols is 1. The van der Waals surface area contributed by atoms with Crippen LogP contribution in [0.1, 0.15) is 0 Å². The molecule has 1 N–H and O–H groups in total. The lowest BCUT2D eigenvalue weighted by Crippen LogP contribution is -1.97. The number of methoxy groups -OCH3 is 5. The van der Waals surface area contributed by atoms with Gasteiger partial charge in [-0.05, 0) is 17.7 Å². The Kier molecular flexibility index (Phi) is 5.05. The standard InChI is InChI=1S/C17H20O6/c1-19-11-8-12(20-2)16(13(9-11)21-3)10-6-14(22-4)17(18)15(7-10)23-5/h6-9,18H,1-5H3. The van der Waals surface area contributed by atoms with Crippen molar-refractivity contribution in [2.24, 2.45) is 0 Å². The fourth-order valence-electron chi connectivity index (χ4n) is 2.33. The Morgan fingerprint density at radius 2 is 1.04 bits per heavy atom. The van der Waals surface area contributed by atoms with Crippen molar-refractivity contribution in [3.8, 4) is 45.6 Å². The summed E-state index contributed by atoms with van der Waals surface area (Å²) in [6.07, 6.45) is 0. The first kappa shape index (κ1) is 16.6. The van der Waals surface area contributed by atoms with E-state index in [-0.39, 0.29) is 5.75 Å². The van der Waals surface area contributed by atoms with E-state index in [2.05, 4.69) is 0 Å². The van der Waals surface area contributed by atoms with Gasteiger partial charge in [0.2, 0.25) is 5.75 Å². The summed E-state index contributed by atoms with van der Waals surface area (Å²) in [4.78, 5) is 0. The first-order valence-electron chi connectivity index (χ1n) is 6.84. The van der Waals surface area contributed by atoms with Gasteiger partial charge in [0.25, 0.3) is 0 Å². The van der Waals surface area contributed by atoms with Crippen molar-refractivity contribution in [1.82, 2.24) is 0 Å². The van der Waals surface area contributed by atoms with Gasteiger partial charge in [0.15, 0.2) is 11.5 Å². The second kappa shape index (κ2) is 7.00. The van der Waals surface area contributed by atoms with Gasteiger partial charge in [0, 0.05) is 12.1 Å². The lowest BCUT2D eigenvalue weighted by molar-refractivity contribution is 0.340. The lowest BCUT2D eigenvalue weighted by atomic mass is 10.0. The quantitative estimate of drug-likeness (QED) is 0.882. The minimum absolute atomic E-state index is 0.0646. The van der Waals surface area contributed by atoms with E-state index < -0.39 is 0 Å². The smallest absolute Gasteiger partial charge is 0.200 e. The maximum atomic E-state index is 10.1. The first-order chi connectivity index (χ1) is 11.1. The molecule has 0 radical (unpaired) electrons. The van der Waals surface area contributed by atoms with E-state index in [0.717, 1.165) is 0 Å². The Labute approximate surface area is 135 Å². The van der Waals surface area contributed by atoms with E-state index in [1.54, 1.807) is 45.6 Å². The Hall–Kier alpha value is -2.76. The van der Waals surface area contributed by atoms with Crippen LogP contribution in [0.5, 0.6) is 34.5 Å². The number of aromatic hydroxyl groups is 1. The van der Waals surface area contributed by atoms with Crippen LogP contribution in [0.2, 0.25) is 0 Å². The first-order valence-corrected chi connectivity index (χ1v) is 6.84. The van der Waals surface area contributed by atoms with Crippen molar-refractivity contribution in [3.05, 3.63) is 24.3 Å². The number of ether oxygens (including phenoxy) is 5. The Balaban J connectivity index is 2.75.